The zero-order valence-electron chi connectivity index (χ0n) is 13.2. The minimum Gasteiger partial charge on any atom is -0.305 e. The number of benzene rings is 1. The fraction of sp³-hybridized carbons (Fsp3) is 0.667. The molecule has 1 saturated carbocycles. The maximum absolute atomic E-state index is 3.80. The molecule has 1 heterocycles. The molecule has 0 aromatic heterocycles. The van der Waals surface area contributed by atoms with E-state index in [1.165, 1.54) is 31.4 Å². The first-order valence-corrected chi connectivity index (χ1v) is 8.05. The number of hydrogen-bond donors (Lipinski definition) is 1. The molecule has 0 amide bonds. The quantitative estimate of drug-likeness (QED) is 0.907. The third-order valence-corrected chi connectivity index (χ3v) is 5.39. The highest BCUT2D eigenvalue weighted by atomic mass is 15.3. The van der Waals surface area contributed by atoms with Crippen LogP contribution in [0.1, 0.15) is 45.6 Å². The van der Waals surface area contributed by atoms with Crippen LogP contribution >= 0.6 is 0 Å². The van der Waals surface area contributed by atoms with Gasteiger partial charge in [0.2, 0.25) is 0 Å². The van der Waals surface area contributed by atoms with Gasteiger partial charge in [0.1, 0.15) is 0 Å². The number of nitrogens with zero attached hydrogens (tertiary/aromatic N) is 1. The summed E-state index contributed by atoms with van der Waals surface area (Å²) in [7, 11) is 0. The van der Waals surface area contributed by atoms with E-state index in [-0.39, 0.29) is 11.1 Å². The molecule has 2 fully saturated rings. The van der Waals surface area contributed by atoms with Crippen LogP contribution in [0.3, 0.4) is 0 Å². The van der Waals surface area contributed by atoms with E-state index < -0.39 is 0 Å². The Hall–Kier alpha value is -0.860. The molecule has 1 aliphatic heterocycles. The van der Waals surface area contributed by atoms with Crippen molar-refractivity contribution in [1.29, 1.82) is 0 Å². The number of nitrogens with one attached hydrogen (secondary N) is 1. The second-order valence-corrected chi connectivity index (χ2v) is 7.54. The first-order valence-electron chi connectivity index (χ1n) is 8.05. The van der Waals surface area contributed by atoms with E-state index in [0.717, 1.165) is 19.0 Å². The Kier molecular flexibility index (Phi) is 3.64. The highest BCUT2D eigenvalue weighted by Crippen LogP contribution is 2.34. The van der Waals surface area contributed by atoms with Crippen LogP contribution in [0.2, 0.25) is 0 Å². The largest absolute Gasteiger partial charge is 0.305 e. The molecule has 20 heavy (non-hydrogen) atoms. The standard InChI is InChI=1S/C18H28N2/c1-17(2)13-19-18(3,16-10-5-4-6-11-16)14-20(17)12-15-8-7-9-15/h4-6,10-11,15,19H,7-9,12-14H2,1-3H3. The lowest BCUT2D eigenvalue weighted by Gasteiger charge is -2.52. The van der Waals surface area contributed by atoms with Crippen molar-refractivity contribution < 1.29 is 0 Å². The molecule has 1 unspecified atom stereocenters. The van der Waals surface area contributed by atoms with Gasteiger partial charge in [-0.3, -0.25) is 4.90 Å². The Labute approximate surface area is 123 Å². The maximum Gasteiger partial charge on any atom is 0.0535 e. The fourth-order valence-electron chi connectivity index (χ4n) is 3.47. The molecule has 2 heteroatoms. The van der Waals surface area contributed by atoms with E-state index in [0.29, 0.717) is 0 Å². The van der Waals surface area contributed by atoms with Gasteiger partial charge in [-0.05, 0) is 45.1 Å². The minimum absolute atomic E-state index is 0.0839. The molecule has 0 bridgehead atoms. The van der Waals surface area contributed by atoms with Gasteiger partial charge in [-0.1, -0.05) is 36.8 Å². The average Bonchev–Trinajstić information content (AvgIpc) is 2.39. The predicted molar refractivity (Wildman–Crippen MR) is 84.8 cm³/mol. The summed E-state index contributed by atoms with van der Waals surface area (Å²) in [6.45, 7) is 10.6. The zero-order valence-corrected chi connectivity index (χ0v) is 13.2. The predicted octanol–water partition coefficient (Wildman–Crippen LogP) is 3.39. The lowest BCUT2D eigenvalue weighted by atomic mass is 9.80. The first-order chi connectivity index (χ1) is 9.50. The molecule has 1 aromatic carbocycles. The third kappa shape index (κ3) is 2.64. The van der Waals surface area contributed by atoms with Crippen molar-refractivity contribution in [3.63, 3.8) is 0 Å². The second kappa shape index (κ2) is 5.16. The van der Waals surface area contributed by atoms with Gasteiger partial charge in [-0.2, -0.15) is 0 Å². The summed E-state index contributed by atoms with van der Waals surface area (Å²) in [4.78, 5) is 2.72. The molecule has 1 saturated heterocycles. The minimum atomic E-state index is 0.0839. The molecule has 1 aliphatic carbocycles. The Morgan fingerprint density at radius 3 is 2.45 bits per heavy atom. The zero-order chi connectivity index (χ0) is 14.2. The molecule has 3 rings (SSSR count). The Morgan fingerprint density at radius 1 is 1.15 bits per heavy atom. The van der Waals surface area contributed by atoms with Crippen LogP contribution in [0.15, 0.2) is 30.3 Å². The van der Waals surface area contributed by atoms with E-state index in [2.05, 4.69) is 61.3 Å². The van der Waals surface area contributed by atoms with Crippen LogP contribution in [-0.2, 0) is 5.54 Å². The Morgan fingerprint density at radius 2 is 1.85 bits per heavy atom. The molecule has 1 aromatic rings. The summed E-state index contributed by atoms with van der Waals surface area (Å²) in [5, 5.41) is 3.80. The highest BCUT2D eigenvalue weighted by Gasteiger charge is 2.41. The van der Waals surface area contributed by atoms with Crippen LogP contribution in [0.4, 0.5) is 0 Å². The van der Waals surface area contributed by atoms with Gasteiger partial charge in [0.15, 0.2) is 0 Å². The van der Waals surface area contributed by atoms with Gasteiger partial charge in [-0.25, -0.2) is 0 Å². The van der Waals surface area contributed by atoms with Crippen LogP contribution < -0.4 is 5.32 Å². The van der Waals surface area contributed by atoms with Gasteiger partial charge < -0.3 is 5.32 Å². The smallest absolute Gasteiger partial charge is 0.0535 e. The maximum atomic E-state index is 3.80. The first kappa shape index (κ1) is 14.1. The summed E-state index contributed by atoms with van der Waals surface area (Å²) in [6.07, 6.45) is 4.30. The summed E-state index contributed by atoms with van der Waals surface area (Å²) >= 11 is 0. The van der Waals surface area contributed by atoms with Crippen LogP contribution in [0, 0.1) is 5.92 Å². The van der Waals surface area contributed by atoms with Crippen molar-refractivity contribution in [3.8, 4) is 0 Å². The van der Waals surface area contributed by atoms with E-state index >= 15 is 0 Å². The highest BCUT2D eigenvalue weighted by molar-refractivity contribution is 5.25. The van der Waals surface area contributed by atoms with Crippen molar-refractivity contribution in [2.24, 2.45) is 5.92 Å². The van der Waals surface area contributed by atoms with Crippen LogP contribution in [-0.4, -0.2) is 30.1 Å². The normalized spacial score (nSPS) is 30.9. The number of piperazine rings is 1. The van der Waals surface area contributed by atoms with E-state index in [4.69, 9.17) is 0 Å². The van der Waals surface area contributed by atoms with E-state index in [1.54, 1.807) is 0 Å². The average molecular weight is 272 g/mol. The molecule has 2 aliphatic rings. The SMILES string of the molecule is CC1(c2ccccc2)CN(CC2CCC2)C(C)(C)CN1. The molecule has 1 N–H and O–H groups in total. The molecule has 1 atom stereocenters. The van der Waals surface area contributed by atoms with Crippen LogP contribution in [0.5, 0.6) is 0 Å². The van der Waals surface area contributed by atoms with E-state index in [9.17, 15) is 0 Å². The van der Waals surface area contributed by atoms with Crippen molar-refractivity contribution in [1.82, 2.24) is 10.2 Å². The molecular formula is C18H28N2. The number of rotatable bonds is 3. The topological polar surface area (TPSA) is 15.3 Å². The van der Waals surface area contributed by atoms with Gasteiger partial charge >= 0.3 is 0 Å². The van der Waals surface area contributed by atoms with Gasteiger partial charge in [-0.15, -0.1) is 0 Å². The third-order valence-electron chi connectivity index (χ3n) is 5.39. The molecular weight excluding hydrogens is 244 g/mol. The molecule has 0 radical (unpaired) electrons. The Balaban J connectivity index is 1.78. The van der Waals surface area contributed by atoms with Gasteiger partial charge in [0, 0.05) is 25.2 Å². The summed E-state index contributed by atoms with van der Waals surface area (Å²) < 4.78 is 0. The molecule has 0 spiro atoms. The van der Waals surface area contributed by atoms with Crippen molar-refractivity contribution in [3.05, 3.63) is 35.9 Å². The summed E-state index contributed by atoms with van der Waals surface area (Å²) in [5.41, 5.74) is 1.76. The van der Waals surface area contributed by atoms with Gasteiger partial charge in [0.05, 0.1) is 5.54 Å². The molecule has 2 nitrogen and oxygen atoms in total. The van der Waals surface area contributed by atoms with Gasteiger partial charge in [0.25, 0.3) is 0 Å². The monoisotopic (exact) mass is 272 g/mol. The number of hydrogen-bond acceptors (Lipinski definition) is 2. The fourth-order valence-corrected chi connectivity index (χ4v) is 3.47. The van der Waals surface area contributed by atoms with Crippen molar-refractivity contribution in [2.45, 2.75) is 51.1 Å². The van der Waals surface area contributed by atoms with E-state index in [1.807, 2.05) is 0 Å². The Bertz CT molecular complexity index is 450. The van der Waals surface area contributed by atoms with Crippen LogP contribution in [0.25, 0.3) is 0 Å². The summed E-state index contributed by atoms with van der Waals surface area (Å²) in [6, 6.07) is 10.9. The van der Waals surface area contributed by atoms with Crippen molar-refractivity contribution in [2.75, 3.05) is 19.6 Å². The second-order valence-electron chi connectivity index (χ2n) is 7.54. The lowest BCUT2D eigenvalue weighted by molar-refractivity contribution is 0.00858. The lowest BCUT2D eigenvalue weighted by Crippen LogP contribution is -2.66. The molecule has 110 valence electrons. The summed E-state index contributed by atoms with van der Waals surface area (Å²) in [5.74, 6) is 0.937. The van der Waals surface area contributed by atoms with Crippen molar-refractivity contribution >= 4 is 0 Å².